The van der Waals surface area contributed by atoms with Crippen LogP contribution >= 0.6 is 0 Å². The molecule has 0 amide bonds. The van der Waals surface area contributed by atoms with E-state index in [0.717, 1.165) is 0 Å². The molecule has 0 aromatic heterocycles. The van der Waals surface area contributed by atoms with Crippen molar-refractivity contribution in [3.05, 3.63) is 34.4 Å². The van der Waals surface area contributed by atoms with E-state index in [-0.39, 0.29) is 11.4 Å². The van der Waals surface area contributed by atoms with Crippen molar-refractivity contribution in [3.8, 4) is 5.75 Å². The molecule has 0 radical (unpaired) electrons. The molecule has 5 heteroatoms. The van der Waals surface area contributed by atoms with E-state index in [1.165, 1.54) is 30.7 Å². The predicted molar refractivity (Wildman–Crippen MR) is 52.3 cm³/mol. The van der Waals surface area contributed by atoms with E-state index in [4.69, 9.17) is 5.26 Å². The monoisotopic (exact) mass is 199 g/mol. The Hall–Kier alpha value is -1.62. The Morgan fingerprint density at radius 3 is 2.07 bits per heavy atom. The zero-order valence-electron chi connectivity index (χ0n) is 8.14. The number of non-ortho nitro benzene ring substituents is 1. The number of benzene rings is 1. The van der Waals surface area contributed by atoms with Gasteiger partial charge in [-0.25, -0.2) is 5.26 Å². The summed E-state index contributed by atoms with van der Waals surface area (Å²) in [6.07, 6.45) is 1.25. The molecule has 0 spiro atoms. The van der Waals surface area contributed by atoms with E-state index >= 15 is 0 Å². The summed E-state index contributed by atoms with van der Waals surface area (Å²) in [5, 5.41) is 18.2. The van der Waals surface area contributed by atoms with Gasteiger partial charge in [0.05, 0.1) is 4.92 Å². The zero-order valence-corrected chi connectivity index (χ0v) is 8.14. The van der Waals surface area contributed by atoms with E-state index in [1.807, 2.05) is 0 Å². The third kappa shape index (κ3) is 4.42. The summed E-state index contributed by atoms with van der Waals surface area (Å²) in [6, 6.07) is 5.09. The lowest BCUT2D eigenvalue weighted by Gasteiger charge is -1.93. The highest BCUT2D eigenvalue weighted by Crippen LogP contribution is 2.16. The van der Waals surface area contributed by atoms with Crippen LogP contribution in [0.1, 0.15) is 20.3 Å². The summed E-state index contributed by atoms with van der Waals surface area (Å²) in [7, 11) is 0. The fourth-order valence-corrected chi connectivity index (χ4v) is 0.629. The van der Waals surface area contributed by atoms with Gasteiger partial charge < -0.3 is 4.89 Å². The molecular weight excluding hydrogens is 186 g/mol. The molecule has 1 aromatic rings. The van der Waals surface area contributed by atoms with Crippen LogP contribution in [-0.4, -0.2) is 10.2 Å². The van der Waals surface area contributed by atoms with Crippen LogP contribution in [0.2, 0.25) is 0 Å². The molecule has 0 saturated carbocycles. The van der Waals surface area contributed by atoms with Crippen LogP contribution in [0.25, 0.3) is 0 Å². The van der Waals surface area contributed by atoms with Crippen LogP contribution in [0.4, 0.5) is 5.69 Å². The Labute approximate surface area is 82.0 Å². The van der Waals surface area contributed by atoms with Gasteiger partial charge in [0.25, 0.3) is 5.69 Å². The fourth-order valence-electron chi connectivity index (χ4n) is 0.629. The van der Waals surface area contributed by atoms with Crippen LogP contribution in [-0.2, 0) is 0 Å². The van der Waals surface area contributed by atoms with Gasteiger partial charge in [-0.2, -0.15) is 0 Å². The molecule has 0 atom stereocenters. The number of rotatable bonds is 2. The Kier molecular flexibility index (Phi) is 6.06. The Morgan fingerprint density at radius 1 is 1.36 bits per heavy atom. The Balaban J connectivity index is 0.000000500. The summed E-state index contributed by atoms with van der Waals surface area (Å²) < 4.78 is 0. The third-order valence-corrected chi connectivity index (χ3v) is 1.15. The molecule has 5 nitrogen and oxygen atoms in total. The molecule has 1 N–H and O–H groups in total. The van der Waals surface area contributed by atoms with Crippen LogP contribution in [0.15, 0.2) is 24.3 Å². The summed E-state index contributed by atoms with van der Waals surface area (Å²) in [6.45, 7) is 4.25. The maximum Gasteiger partial charge on any atom is 0.269 e. The van der Waals surface area contributed by atoms with Crippen molar-refractivity contribution in [2.24, 2.45) is 0 Å². The average Bonchev–Trinajstić information content (AvgIpc) is 2.19. The van der Waals surface area contributed by atoms with Crippen molar-refractivity contribution in [2.75, 3.05) is 0 Å². The highest BCUT2D eigenvalue weighted by molar-refractivity contribution is 5.35. The minimum Gasteiger partial charge on any atom is -0.340 e. The Bertz CT molecular complexity index is 271. The van der Waals surface area contributed by atoms with Gasteiger partial charge in [0.2, 0.25) is 0 Å². The van der Waals surface area contributed by atoms with Gasteiger partial charge >= 0.3 is 0 Å². The lowest BCUT2D eigenvalue weighted by Crippen LogP contribution is -1.88. The average molecular weight is 199 g/mol. The van der Waals surface area contributed by atoms with Gasteiger partial charge in [0.15, 0.2) is 5.75 Å². The zero-order chi connectivity index (χ0) is 11.0. The smallest absolute Gasteiger partial charge is 0.269 e. The van der Waals surface area contributed by atoms with E-state index < -0.39 is 4.92 Å². The van der Waals surface area contributed by atoms with Gasteiger partial charge in [-0.15, -0.1) is 0 Å². The van der Waals surface area contributed by atoms with Crippen molar-refractivity contribution in [1.82, 2.24) is 0 Å². The second-order valence-corrected chi connectivity index (χ2v) is 2.55. The highest BCUT2D eigenvalue weighted by Gasteiger charge is 2.03. The molecule has 0 bridgehead atoms. The van der Waals surface area contributed by atoms with Crippen molar-refractivity contribution in [2.45, 2.75) is 20.3 Å². The molecular formula is C9H13NO4. The molecule has 0 aliphatic carbocycles. The van der Waals surface area contributed by atoms with E-state index in [1.54, 1.807) is 0 Å². The quantitative estimate of drug-likeness (QED) is 0.451. The van der Waals surface area contributed by atoms with Crippen LogP contribution < -0.4 is 4.89 Å². The first-order valence-electron chi connectivity index (χ1n) is 4.21. The van der Waals surface area contributed by atoms with Gasteiger partial charge in [-0.05, 0) is 12.1 Å². The molecule has 0 unspecified atom stereocenters. The SMILES string of the molecule is CCC.O=[N+]([O-])c1ccc(OO)cc1. The summed E-state index contributed by atoms with van der Waals surface area (Å²) in [5.41, 5.74) is -0.0363. The predicted octanol–water partition coefficient (Wildman–Crippen LogP) is 2.86. The lowest BCUT2D eigenvalue weighted by molar-refractivity contribution is -0.384. The van der Waals surface area contributed by atoms with Crippen molar-refractivity contribution in [1.29, 1.82) is 0 Å². The summed E-state index contributed by atoms with van der Waals surface area (Å²) >= 11 is 0. The molecule has 0 heterocycles. The summed E-state index contributed by atoms with van der Waals surface area (Å²) in [5.74, 6) is 0.176. The van der Waals surface area contributed by atoms with Crippen LogP contribution in [0.5, 0.6) is 5.75 Å². The number of hydrogen-bond acceptors (Lipinski definition) is 4. The largest absolute Gasteiger partial charge is 0.340 e. The van der Waals surface area contributed by atoms with Crippen LogP contribution in [0, 0.1) is 10.1 Å². The Morgan fingerprint density at radius 2 is 1.79 bits per heavy atom. The standard InChI is InChI=1S/C6H5NO4.C3H8/c8-7(9)5-1-3-6(11-10)4-2-5;1-3-2/h1-4,10H;3H2,1-2H3. The second-order valence-electron chi connectivity index (χ2n) is 2.55. The molecule has 14 heavy (non-hydrogen) atoms. The van der Waals surface area contributed by atoms with E-state index in [2.05, 4.69) is 18.7 Å². The summed E-state index contributed by atoms with van der Waals surface area (Å²) in [4.78, 5) is 13.4. The van der Waals surface area contributed by atoms with Crippen molar-refractivity contribution >= 4 is 5.69 Å². The first-order chi connectivity index (χ1) is 6.65. The van der Waals surface area contributed by atoms with Crippen molar-refractivity contribution < 1.29 is 15.1 Å². The second kappa shape index (κ2) is 6.85. The molecule has 1 rings (SSSR count). The normalized spacial score (nSPS) is 8.50. The van der Waals surface area contributed by atoms with E-state index in [9.17, 15) is 10.1 Å². The van der Waals surface area contributed by atoms with Crippen molar-refractivity contribution in [3.63, 3.8) is 0 Å². The number of nitro benzene ring substituents is 1. The molecule has 0 aliphatic rings. The maximum atomic E-state index is 10.1. The topological polar surface area (TPSA) is 72.6 Å². The van der Waals surface area contributed by atoms with Crippen LogP contribution in [0.3, 0.4) is 0 Å². The van der Waals surface area contributed by atoms with Gasteiger partial charge in [0, 0.05) is 12.1 Å². The van der Waals surface area contributed by atoms with E-state index in [0.29, 0.717) is 0 Å². The number of hydrogen-bond donors (Lipinski definition) is 1. The lowest BCUT2D eigenvalue weighted by atomic mass is 10.3. The molecule has 0 fully saturated rings. The molecule has 0 aliphatic heterocycles. The van der Waals surface area contributed by atoms with Gasteiger partial charge in [0.1, 0.15) is 0 Å². The molecule has 1 aromatic carbocycles. The minimum atomic E-state index is -0.527. The minimum absolute atomic E-state index is 0.0363. The molecule has 78 valence electrons. The number of nitro groups is 1. The maximum absolute atomic E-state index is 10.1. The third-order valence-electron chi connectivity index (χ3n) is 1.15. The number of nitrogens with zero attached hydrogens (tertiary/aromatic N) is 1. The van der Waals surface area contributed by atoms with Gasteiger partial charge in [-0.1, -0.05) is 20.3 Å². The first kappa shape index (κ1) is 12.4. The molecule has 0 saturated heterocycles. The first-order valence-corrected chi connectivity index (χ1v) is 4.21. The van der Waals surface area contributed by atoms with Gasteiger partial charge in [-0.3, -0.25) is 10.1 Å². The fraction of sp³-hybridized carbons (Fsp3) is 0.333. The highest BCUT2D eigenvalue weighted by atomic mass is 17.1.